The molecule has 1 aliphatic heterocycles. The van der Waals surface area contributed by atoms with Gasteiger partial charge in [-0.25, -0.2) is 0 Å². The van der Waals surface area contributed by atoms with E-state index in [-0.39, 0.29) is 0 Å². The van der Waals surface area contributed by atoms with Gasteiger partial charge in [0.15, 0.2) is 0 Å². The van der Waals surface area contributed by atoms with E-state index in [9.17, 15) is 0 Å². The summed E-state index contributed by atoms with van der Waals surface area (Å²) in [6.45, 7) is 0.856. The molecule has 0 aromatic heterocycles. The second-order valence-corrected chi connectivity index (χ2v) is 5.19. The summed E-state index contributed by atoms with van der Waals surface area (Å²) in [7, 11) is 0. The lowest BCUT2D eigenvalue weighted by Crippen LogP contribution is -1.92. The number of hydrogen-bond acceptors (Lipinski definition) is 1. The van der Waals surface area contributed by atoms with Crippen LogP contribution in [0.25, 0.3) is 0 Å². The Kier molecular flexibility index (Phi) is 2.05. The Morgan fingerprint density at radius 3 is 3.00 bits per heavy atom. The van der Waals surface area contributed by atoms with E-state index in [1.807, 2.05) is 0 Å². The Morgan fingerprint density at radius 2 is 2.21 bits per heavy atom. The van der Waals surface area contributed by atoms with Gasteiger partial charge in [0.25, 0.3) is 0 Å². The monoisotopic (exact) mass is 252 g/mol. The molecule has 0 N–H and O–H groups in total. The molecule has 0 radical (unpaired) electrons. The first-order valence-electron chi connectivity index (χ1n) is 5.24. The maximum absolute atomic E-state index is 5.49. The van der Waals surface area contributed by atoms with Crippen LogP contribution in [-0.2, 0) is 6.42 Å². The molecule has 1 unspecified atom stereocenters. The van der Waals surface area contributed by atoms with Crippen LogP contribution >= 0.6 is 15.9 Å². The van der Waals surface area contributed by atoms with Crippen LogP contribution in [0.3, 0.4) is 0 Å². The van der Waals surface area contributed by atoms with Gasteiger partial charge in [-0.1, -0.05) is 28.1 Å². The van der Waals surface area contributed by atoms with Crippen LogP contribution in [0.2, 0.25) is 0 Å². The van der Waals surface area contributed by atoms with Crippen LogP contribution in [0.15, 0.2) is 18.2 Å². The third-order valence-electron chi connectivity index (χ3n) is 3.07. The van der Waals surface area contributed by atoms with Crippen LogP contribution in [0.4, 0.5) is 0 Å². The number of alkyl halides is 1. The molecule has 14 heavy (non-hydrogen) atoms. The maximum Gasteiger partial charge on any atom is 0.122 e. The van der Waals surface area contributed by atoms with Crippen molar-refractivity contribution in [3.63, 3.8) is 0 Å². The predicted molar refractivity (Wildman–Crippen MR) is 60.0 cm³/mol. The molecule has 3 rings (SSSR count). The number of benzene rings is 1. The van der Waals surface area contributed by atoms with Crippen molar-refractivity contribution in [2.45, 2.75) is 24.1 Å². The molecule has 0 spiro atoms. The van der Waals surface area contributed by atoms with Gasteiger partial charge in [-0.3, -0.25) is 0 Å². The molecule has 1 aromatic carbocycles. The quantitative estimate of drug-likeness (QED) is 0.733. The topological polar surface area (TPSA) is 9.23 Å². The van der Waals surface area contributed by atoms with Crippen molar-refractivity contribution >= 4 is 15.9 Å². The molecule has 1 aliphatic carbocycles. The van der Waals surface area contributed by atoms with Crippen molar-refractivity contribution in [1.82, 2.24) is 0 Å². The molecule has 0 bridgehead atoms. The fraction of sp³-hybridized carbons (Fsp3) is 0.500. The van der Waals surface area contributed by atoms with Crippen LogP contribution in [-0.4, -0.2) is 6.61 Å². The molecule has 0 saturated heterocycles. The second kappa shape index (κ2) is 3.27. The predicted octanol–water partition coefficient (Wildman–Crippen LogP) is 3.47. The van der Waals surface area contributed by atoms with Crippen molar-refractivity contribution in [3.8, 4) is 5.75 Å². The van der Waals surface area contributed by atoms with Gasteiger partial charge >= 0.3 is 0 Å². The van der Waals surface area contributed by atoms with Crippen molar-refractivity contribution in [2.75, 3.05) is 6.61 Å². The zero-order chi connectivity index (χ0) is 9.54. The van der Waals surface area contributed by atoms with E-state index in [1.54, 1.807) is 0 Å². The highest BCUT2D eigenvalue weighted by Gasteiger charge is 2.30. The molecular weight excluding hydrogens is 240 g/mol. The Labute approximate surface area is 92.6 Å². The lowest BCUT2D eigenvalue weighted by atomic mass is 10.0. The van der Waals surface area contributed by atoms with E-state index in [4.69, 9.17) is 4.74 Å². The lowest BCUT2D eigenvalue weighted by Gasteiger charge is -2.09. The van der Waals surface area contributed by atoms with Crippen molar-refractivity contribution in [3.05, 3.63) is 29.3 Å². The summed E-state index contributed by atoms with van der Waals surface area (Å²) in [5.41, 5.74) is 2.81. The number of rotatable bonds is 2. The van der Waals surface area contributed by atoms with Gasteiger partial charge in [-0.15, -0.1) is 0 Å². The summed E-state index contributed by atoms with van der Waals surface area (Å²) in [5, 5.41) is 0. The maximum atomic E-state index is 5.49. The molecule has 1 heterocycles. The van der Waals surface area contributed by atoms with Crippen LogP contribution in [0, 0.1) is 5.92 Å². The highest BCUT2D eigenvalue weighted by molar-refractivity contribution is 9.09. The van der Waals surface area contributed by atoms with Gasteiger partial charge in [0.2, 0.25) is 0 Å². The smallest absolute Gasteiger partial charge is 0.122 e. The SMILES string of the molecule is BrC(c1ccc2c(c1)CCO2)C1CC1. The first-order valence-corrected chi connectivity index (χ1v) is 6.16. The fourth-order valence-corrected chi connectivity index (χ4v) is 2.85. The highest BCUT2D eigenvalue weighted by Crippen LogP contribution is 2.47. The van der Waals surface area contributed by atoms with Crippen molar-refractivity contribution in [2.24, 2.45) is 5.92 Å². The van der Waals surface area contributed by atoms with Gasteiger partial charge in [0.05, 0.1) is 6.61 Å². The second-order valence-electron chi connectivity index (χ2n) is 4.20. The Bertz CT molecular complexity index is 357. The average molecular weight is 253 g/mol. The largest absolute Gasteiger partial charge is 0.493 e. The molecule has 2 heteroatoms. The average Bonchev–Trinajstić information content (AvgIpc) is 2.95. The number of hydrogen-bond donors (Lipinski definition) is 0. The minimum atomic E-state index is 0.563. The van der Waals surface area contributed by atoms with Crippen molar-refractivity contribution < 1.29 is 4.74 Å². The molecule has 0 amide bonds. The minimum Gasteiger partial charge on any atom is -0.493 e. The molecule has 1 aromatic rings. The fourth-order valence-electron chi connectivity index (χ4n) is 2.04. The van der Waals surface area contributed by atoms with Crippen LogP contribution in [0.5, 0.6) is 5.75 Å². The Morgan fingerprint density at radius 1 is 1.36 bits per heavy atom. The zero-order valence-corrected chi connectivity index (χ0v) is 9.59. The van der Waals surface area contributed by atoms with E-state index in [1.165, 1.54) is 24.0 Å². The van der Waals surface area contributed by atoms with Gasteiger partial charge in [0, 0.05) is 11.2 Å². The number of fused-ring (bicyclic) bond motifs is 1. The highest BCUT2D eigenvalue weighted by atomic mass is 79.9. The van der Waals surface area contributed by atoms with E-state index < -0.39 is 0 Å². The Hall–Kier alpha value is -0.500. The minimum absolute atomic E-state index is 0.563. The number of halogens is 1. The molecule has 1 atom stereocenters. The van der Waals surface area contributed by atoms with Gasteiger partial charge in [-0.05, 0) is 36.0 Å². The van der Waals surface area contributed by atoms with Crippen molar-refractivity contribution in [1.29, 1.82) is 0 Å². The first-order chi connectivity index (χ1) is 6.84. The first kappa shape index (κ1) is 8.78. The van der Waals surface area contributed by atoms with Crippen LogP contribution in [0.1, 0.15) is 28.8 Å². The summed E-state index contributed by atoms with van der Waals surface area (Å²) in [5.74, 6) is 1.96. The zero-order valence-electron chi connectivity index (χ0n) is 8.00. The van der Waals surface area contributed by atoms with Gasteiger partial charge in [-0.2, -0.15) is 0 Å². The molecule has 1 nitrogen and oxygen atoms in total. The molecule has 2 aliphatic rings. The Balaban J connectivity index is 1.91. The van der Waals surface area contributed by atoms with Gasteiger partial charge < -0.3 is 4.74 Å². The van der Waals surface area contributed by atoms with E-state index in [0.29, 0.717) is 4.83 Å². The molecule has 74 valence electrons. The van der Waals surface area contributed by atoms with E-state index in [2.05, 4.69) is 34.1 Å². The summed E-state index contributed by atoms with van der Waals surface area (Å²) in [6, 6.07) is 6.62. The summed E-state index contributed by atoms with van der Waals surface area (Å²) < 4.78 is 5.49. The van der Waals surface area contributed by atoms with E-state index >= 15 is 0 Å². The van der Waals surface area contributed by atoms with Crippen LogP contribution < -0.4 is 4.74 Å². The summed E-state index contributed by atoms with van der Waals surface area (Å²) >= 11 is 3.78. The third kappa shape index (κ3) is 1.46. The molecular formula is C12H13BrO. The normalized spacial score (nSPS) is 21.5. The number of ether oxygens (including phenoxy) is 1. The summed E-state index contributed by atoms with van der Waals surface area (Å²) in [6.07, 6.45) is 3.83. The lowest BCUT2D eigenvalue weighted by molar-refractivity contribution is 0.357. The standard InChI is InChI=1S/C12H13BrO/c13-12(8-1-2-8)10-3-4-11-9(7-10)5-6-14-11/h3-4,7-8,12H,1-2,5-6H2. The molecule has 1 fully saturated rings. The summed E-state index contributed by atoms with van der Waals surface area (Å²) in [4.78, 5) is 0.563. The van der Waals surface area contributed by atoms with E-state index in [0.717, 1.165) is 24.7 Å². The third-order valence-corrected chi connectivity index (χ3v) is 4.34. The molecule has 1 saturated carbocycles. The van der Waals surface area contributed by atoms with Gasteiger partial charge in [0.1, 0.15) is 5.75 Å².